The number of carbonyl (C=O) groups is 1. The van der Waals surface area contributed by atoms with E-state index in [1.165, 1.54) is 18.5 Å². The minimum Gasteiger partial charge on any atom is -0.478 e. The van der Waals surface area contributed by atoms with Gasteiger partial charge in [-0.15, -0.1) is 0 Å². The summed E-state index contributed by atoms with van der Waals surface area (Å²) in [6.07, 6.45) is 2.80. The zero-order chi connectivity index (χ0) is 10.1. The van der Waals surface area contributed by atoms with Crippen molar-refractivity contribution in [3.8, 4) is 0 Å². The van der Waals surface area contributed by atoms with Crippen LogP contribution in [0.2, 0.25) is 5.15 Å². The van der Waals surface area contributed by atoms with Gasteiger partial charge in [0.05, 0.1) is 17.3 Å². The van der Waals surface area contributed by atoms with E-state index in [1.807, 2.05) is 0 Å². The highest BCUT2D eigenvalue weighted by Gasteiger charge is 2.04. The molecule has 0 saturated heterocycles. The summed E-state index contributed by atoms with van der Waals surface area (Å²) in [4.78, 5) is 18.4. The molecule has 1 N–H and O–H groups in total. The first kappa shape index (κ1) is 8.90. The highest BCUT2D eigenvalue weighted by atomic mass is 35.5. The Morgan fingerprint density at radius 1 is 1.29 bits per heavy atom. The summed E-state index contributed by atoms with van der Waals surface area (Å²) in [7, 11) is 0. The minimum atomic E-state index is -1.01. The normalized spacial score (nSPS) is 10.4. The third kappa shape index (κ3) is 1.52. The average Bonchev–Trinajstić information content (AvgIpc) is 2.16. The fourth-order valence-corrected chi connectivity index (χ4v) is 1.29. The maximum absolute atomic E-state index is 10.6. The van der Waals surface area contributed by atoms with E-state index in [0.717, 1.165) is 0 Å². The van der Waals surface area contributed by atoms with Crippen molar-refractivity contribution in [3.05, 3.63) is 35.2 Å². The van der Waals surface area contributed by atoms with Gasteiger partial charge in [-0.3, -0.25) is 4.98 Å². The number of hydrogen-bond acceptors (Lipinski definition) is 3. The van der Waals surface area contributed by atoms with Gasteiger partial charge >= 0.3 is 5.97 Å². The van der Waals surface area contributed by atoms with Crippen LogP contribution in [0.1, 0.15) is 10.4 Å². The van der Waals surface area contributed by atoms with Crippen LogP contribution in [0, 0.1) is 0 Å². The summed E-state index contributed by atoms with van der Waals surface area (Å²) in [5.74, 6) is -1.01. The molecule has 0 unspecified atom stereocenters. The van der Waals surface area contributed by atoms with Crippen molar-refractivity contribution in [3.63, 3.8) is 0 Å². The highest BCUT2D eigenvalue weighted by molar-refractivity contribution is 6.30. The van der Waals surface area contributed by atoms with Gasteiger partial charge in [-0.1, -0.05) is 11.6 Å². The fourth-order valence-electron chi connectivity index (χ4n) is 1.12. The van der Waals surface area contributed by atoms with E-state index in [1.54, 1.807) is 6.07 Å². The maximum Gasteiger partial charge on any atom is 0.337 e. The molecular weight excluding hydrogens is 204 g/mol. The summed E-state index contributed by atoms with van der Waals surface area (Å²) in [6, 6.07) is 3.09. The van der Waals surface area contributed by atoms with Gasteiger partial charge in [0.2, 0.25) is 0 Å². The molecule has 0 amide bonds. The van der Waals surface area contributed by atoms with Crippen LogP contribution in [0.3, 0.4) is 0 Å². The number of aromatic carboxylic acids is 1. The van der Waals surface area contributed by atoms with Crippen LogP contribution in [-0.2, 0) is 0 Å². The summed E-state index contributed by atoms with van der Waals surface area (Å²) in [5.41, 5.74) is 0.763. The molecule has 0 aliphatic rings. The number of carboxylic acids is 1. The number of nitrogens with zero attached hydrogens (tertiary/aromatic N) is 2. The van der Waals surface area contributed by atoms with E-state index in [4.69, 9.17) is 16.7 Å². The van der Waals surface area contributed by atoms with Crippen molar-refractivity contribution in [2.24, 2.45) is 0 Å². The zero-order valence-corrected chi connectivity index (χ0v) is 7.69. The second-order valence-corrected chi connectivity index (χ2v) is 3.12. The molecule has 0 radical (unpaired) electrons. The van der Waals surface area contributed by atoms with Crippen LogP contribution in [0.15, 0.2) is 24.5 Å². The van der Waals surface area contributed by atoms with Gasteiger partial charge in [-0.05, 0) is 12.1 Å². The van der Waals surface area contributed by atoms with Crippen molar-refractivity contribution in [1.82, 2.24) is 9.97 Å². The number of aromatic nitrogens is 2. The number of hydrogen-bond donors (Lipinski definition) is 1. The molecule has 0 spiro atoms. The lowest BCUT2D eigenvalue weighted by Gasteiger charge is -1.98. The molecule has 2 heterocycles. The van der Waals surface area contributed by atoms with Crippen LogP contribution in [0.4, 0.5) is 0 Å². The van der Waals surface area contributed by atoms with Crippen molar-refractivity contribution < 1.29 is 9.90 Å². The van der Waals surface area contributed by atoms with Crippen molar-refractivity contribution in [1.29, 1.82) is 0 Å². The molecule has 5 heteroatoms. The Morgan fingerprint density at radius 2 is 2.07 bits per heavy atom. The van der Waals surface area contributed by atoms with Gasteiger partial charge in [-0.25, -0.2) is 9.78 Å². The minimum absolute atomic E-state index is 0.139. The Balaban J connectivity index is 2.69. The lowest BCUT2D eigenvalue weighted by molar-refractivity contribution is 0.0696. The lowest BCUT2D eigenvalue weighted by Crippen LogP contribution is -1.97. The molecule has 0 atom stereocenters. The SMILES string of the molecule is O=C(O)c1cnc2cnc(Cl)cc2c1. The number of rotatable bonds is 1. The quantitative estimate of drug-likeness (QED) is 0.728. The molecule has 2 aromatic rings. The van der Waals surface area contributed by atoms with Crippen molar-refractivity contribution in [2.45, 2.75) is 0 Å². The molecule has 2 rings (SSSR count). The van der Waals surface area contributed by atoms with E-state index < -0.39 is 5.97 Å². The molecule has 0 bridgehead atoms. The third-order valence-corrected chi connectivity index (χ3v) is 1.99. The molecule has 14 heavy (non-hydrogen) atoms. The molecule has 2 aromatic heterocycles. The second kappa shape index (κ2) is 3.23. The third-order valence-electron chi connectivity index (χ3n) is 1.78. The molecule has 0 fully saturated rings. The van der Waals surface area contributed by atoms with E-state index in [-0.39, 0.29) is 5.56 Å². The van der Waals surface area contributed by atoms with Gasteiger partial charge in [0.1, 0.15) is 5.15 Å². The number of carboxylic acid groups (broad SMARTS) is 1. The molecule has 0 saturated carbocycles. The first-order valence-corrected chi connectivity index (χ1v) is 4.19. The Morgan fingerprint density at radius 3 is 2.79 bits per heavy atom. The monoisotopic (exact) mass is 208 g/mol. The number of fused-ring (bicyclic) bond motifs is 1. The number of pyridine rings is 2. The molecular formula is C9H5ClN2O2. The van der Waals surface area contributed by atoms with E-state index in [2.05, 4.69) is 9.97 Å². The second-order valence-electron chi connectivity index (χ2n) is 2.73. The summed E-state index contributed by atoms with van der Waals surface area (Å²) in [6.45, 7) is 0. The zero-order valence-electron chi connectivity index (χ0n) is 6.94. The summed E-state index contributed by atoms with van der Waals surface area (Å²) >= 11 is 5.66. The lowest BCUT2D eigenvalue weighted by atomic mass is 10.2. The summed E-state index contributed by atoms with van der Waals surface area (Å²) < 4.78 is 0. The Bertz CT molecular complexity index is 513. The van der Waals surface area contributed by atoms with Crippen molar-refractivity contribution >= 4 is 28.5 Å². The Labute approximate surface area is 84.2 Å². The highest BCUT2D eigenvalue weighted by Crippen LogP contribution is 2.15. The van der Waals surface area contributed by atoms with E-state index in [9.17, 15) is 4.79 Å². The average molecular weight is 209 g/mol. The van der Waals surface area contributed by atoms with Gasteiger partial charge in [0.25, 0.3) is 0 Å². The molecule has 0 aliphatic carbocycles. The predicted octanol–water partition coefficient (Wildman–Crippen LogP) is 1.98. The largest absolute Gasteiger partial charge is 0.478 e. The summed E-state index contributed by atoms with van der Waals surface area (Å²) in [5, 5.41) is 9.72. The van der Waals surface area contributed by atoms with E-state index in [0.29, 0.717) is 16.1 Å². The fraction of sp³-hybridized carbons (Fsp3) is 0. The van der Waals surface area contributed by atoms with Gasteiger partial charge in [0, 0.05) is 11.6 Å². The van der Waals surface area contributed by atoms with Gasteiger partial charge in [0.15, 0.2) is 0 Å². The first-order chi connectivity index (χ1) is 6.66. The topological polar surface area (TPSA) is 63.1 Å². The molecule has 0 aliphatic heterocycles. The van der Waals surface area contributed by atoms with E-state index >= 15 is 0 Å². The van der Waals surface area contributed by atoms with Gasteiger partial charge in [-0.2, -0.15) is 0 Å². The standard InChI is InChI=1S/C9H5ClN2O2/c10-8-2-5-1-6(9(13)14)3-11-7(5)4-12-8/h1-4H,(H,13,14). The van der Waals surface area contributed by atoms with Crippen molar-refractivity contribution in [2.75, 3.05) is 0 Å². The molecule has 4 nitrogen and oxygen atoms in total. The van der Waals surface area contributed by atoms with Crippen LogP contribution in [0.5, 0.6) is 0 Å². The number of halogens is 1. The predicted molar refractivity (Wildman–Crippen MR) is 51.5 cm³/mol. The Kier molecular flexibility index (Phi) is 2.05. The van der Waals surface area contributed by atoms with Crippen LogP contribution >= 0.6 is 11.6 Å². The van der Waals surface area contributed by atoms with Crippen LogP contribution < -0.4 is 0 Å². The van der Waals surface area contributed by atoms with Crippen LogP contribution in [0.25, 0.3) is 10.9 Å². The molecule has 70 valence electrons. The van der Waals surface area contributed by atoms with Crippen LogP contribution in [-0.4, -0.2) is 21.0 Å². The Hall–Kier alpha value is -1.68. The van der Waals surface area contributed by atoms with Gasteiger partial charge < -0.3 is 5.11 Å². The first-order valence-electron chi connectivity index (χ1n) is 3.81. The smallest absolute Gasteiger partial charge is 0.337 e. The maximum atomic E-state index is 10.6. The molecule has 0 aromatic carbocycles.